The normalized spacial score (nSPS) is 12.9. The van der Waals surface area contributed by atoms with Gasteiger partial charge in [0.2, 0.25) is 0 Å². The monoisotopic (exact) mass is 266 g/mol. The third-order valence-electron chi connectivity index (χ3n) is 2.42. The minimum absolute atomic E-state index is 0.0276. The number of ether oxygens (including phenoxy) is 1. The largest absolute Gasteiger partial charge is 0.478 e. The lowest BCUT2D eigenvalue weighted by Crippen LogP contribution is -2.18. The third-order valence-corrected chi connectivity index (χ3v) is 2.42. The molecule has 1 rings (SSSR count). The van der Waals surface area contributed by atoms with Crippen molar-refractivity contribution in [1.82, 2.24) is 0 Å². The lowest BCUT2D eigenvalue weighted by molar-refractivity contribution is -0.146. The zero-order chi connectivity index (χ0) is 14.4. The number of hydrogen-bond donors (Lipinski definition) is 1. The van der Waals surface area contributed by atoms with Crippen LogP contribution >= 0.6 is 0 Å². The number of aliphatic carboxylic acids is 1. The molecule has 0 radical (unpaired) electrons. The Labute approximate surface area is 110 Å². The smallest absolute Gasteiger partial charge is 0.335 e. The summed E-state index contributed by atoms with van der Waals surface area (Å²) in [5.41, 5.74) is -0.123. The van der Waals surface area contributed by atoms with Crippen molar-refractivity contribution in [1.29, 1.82) is 0 Å². The Hall–Kier alpha value is -2.17. The standard InChI is InChI=1S/C14H15FO4/c1-3-6-11(14(17)18)13(19-9(2)16)10-7-4-5-8-12(10)15/h4-8,13H,3H2,1-2H3,(H,17,18). The van der Waals surface area contributed by atoms with Gasteiger partial charge in [-0.15, -0.1) is 0 Å². The van der Waals surface area contributed by atoms with Crippen LogP contribution in [0.4, 0.5) is 4.39 Å². The Bertz CT molecular complexity index is 508. The second kappa shape index (κ2) is 6.68. The number of hydrogen-bond acceptors (Lipinski definition) is 3. The van der Waals surface area contributed by atoms with Gasteiger partial charge < -0.3 is 9.84 Å². The zero-order valence-electron chi connectivity index (χ0n) is 10.7. The minimum Gasteiger partial charge on any atom is -0.478 e. The molecule has 0 aromatic heterocycles. The van der Waals surface area contributed by atoms with Crippen molar-refractivity contribution in [2.75, 3.05) is 0 Å². The van der Waals surface area contributed by atoms with Crippen molar-refractivity contribution in [3.05, 3.63) is 47.3 Å². The highest BCUT2D eigenvalue weighted by Gasteiger charge is 2.27. The number of benzene rings is 1. The third kappa shape index (κ3) is 3.91. The first-order valence-electron chi connectivity index (χ1n) is 5.82. The minimum atomic E-state index is -1.24. The number of rotatable bonds is 5. The van der Waals surface area contributed by atoms with Crippen LogP contribution in [0, 0.1) is 5.82 Å². The van der Waals surface area contributed by atoms with E-state index in [1.807, 2.05) is 0 Å². The average Bonchev–Trinajstić information content (AvgIpc) is 2.34. The van der Waals surface area contributed by atoms with Crippen LogP contribution in [0.5, 0.6) is 0 Å². The predicted molar refractivity (Wildman–Crippen MR) is 66.9 cm³/mol. The Morgan fingerprint density at radius 3 is 2.53 bits per heavy atom. The Morgan fingerprint density at radius 1 is 1.42 bits per heavy atom. The summed E-state index contributed by atoms with van der Waals surface area (Å²) in [4.78, 5) is 22.3. The number of carboxylic acids is 1. The highest BCUT2D eigenvalue weighted by atomic mass is 19.1. The number of esters is 1. The molecule has 19 heavy (non-hydrogen) atoms. The molecule has 4 nitrogen and oxygen atoms in total. The predicted octanol–water partition coefficient (Wildman–Crippen LogP) is 2.85. The van der Waals surface area contributed by atoms with Crippen molar-refractivity contribution in [2.24, 2.45) is 0 Å². The van der Waals surface area contributed by atoms with Gasteiger partial charge in [0.05, 0.1) is 5.57 Å². The van der Waals surface area contributed by atoms with Gasteiger partial charge in [-0.3, -0.25) is 4.79 Å². The summed E-state index contributed by atoms with van der Waals surface area (Å²) in [5, 5.41) is 9.16. The molecule has 0 aliphatic rings. The SMILES string of the molecule is CCC=C(C(=O)O)C(OC(C)=O)c1ccccc1F. The van der Waals surface area contributed by atoms with Crippen molar-refractivity contribution in [2.45, 2.75) is 26.4 Å². The number of halogens is 1. The molecule has 0 spiro atoms. The van der Waals surface area contributed by atoms with Gasteiger partial charge in [0.1, 0.15) is 5.82 Å². The first-order valence-corrected chi connectivity index (χ1v) is 5.82. The van der Waals surface area contributed by atoms with E-state index >= 15 is 0 Å². The van der Waals surface area contributed by atoms with E-state index < -0.39 is 23.9 Å². The van der Waals surface area contributed by atoms with Crippen LogP contribution in [-0.4, -0.2) is 17.0 Å². The first-order chi connectivity index (χ1) is 8.97. The van der Waals surface area contributed by atoms with Crippen LogP contribution in [-0.2, 0) is 14.3 Å². The zero-order valence-corrected chi connectivity index (χ0v) is 10.7. The molecule has 1 aromatic carbocycles. The molecule has 1 unspecified atom stereocenters. The average molecular weight is 266 g/mol. The van der Waals surface area contributed by atoms with Crippen molar-refractivity contribution >= 4 is 11.9 Å². The second-order valence-corrected chi connectivity index (χ2v) is 3.88. The molecule has 0 fully saturated rings. The van der Waals surface area contributed by atoms with Crippen LogP contribution in [0.1, 0.15) is 31.9 Å². The van der Waals surface area contributed by atoms with Gasteiger partial charge in [0.15, 0.2) is 6.10 Å². The van der Waals surface area contributed by atoms with Gasteiger partial charge in [-0.1, -0.05) is 31.2 Å². The lowest BCUT2D eigenvalue weighted by atomic mass is 10.00. The Kier molecular flexibility index (Phi) is 5.23. The van der Waals surface area contributed by atoms with E-state index in [2.05, 4.69) is 0 Å². The molecular formula is C14H15FO4. The second-order valence-electron chi connectivity index (χ2n) is 3.88. The number of carbonyl (C=O) groups is 2. The van der Waals surface area contributed by atoms with Gasteiger partial charge in [0, 0.05) is 12.5 Å². The maximum atomic E-state index is 13.7. The van der Waals surface area contributed by atoms with Gasteiger partial charge >= 0.3 is 11.9 Å². The number of allylic oxidation sites excluding steroid dienone is 1. The molecule has 0 amide bonds. The summed E-state index contributed by atoms with van der Waals surface area (Å²) in [5.74, 6) is -2.52. The summed E-state index contributed by atoms with van der Waals surface area (Å²) in [6, 6.07) is 5.63. The molecule has 1 N–H and O–H groups in total. The maximum Gasteiger partial charge on any atom is 0.335 e. The van der Waals surface area contributed by atoms with E-state index in [-0.39, 0.29) is 11.1 Å². The summed E-state index contributed by atoms with van der Waals surface area (Å²) in [7, 11) is 0. The fourth-order valence-electron chi connectivity index (χ4n) is 1.67. The molecule has 0 aliphatic carbocycles. The van der Waals surface area contributed by atoms with Crippen molar-refractivity contribution in [3.8, 4) is 0 Å². The molecule has 0 bridgehead atoms. The van der Waals surface area contributed by atoms with Crippen LogP contribution < -0.4 is 0 Å². The summed E-state index contributed by atoms with van der Waals surface area (Å²) in [6.07, 6.45) is 0.604. The van der Waals surface area contributed by atoms with E-state index in [0.717, 1.165) is 6.92 Å². The summed E-state index contributed by atoms with van der Waals surface area (Å²) in [6.45, 7) is 2.90. The van der Waals surface area contributed by atoms with Crippen molar-refractivity contribution < 1.29 is 23.8 Å². The molecule has 0 saturated carbocycles. The summed E-state index contributed by atoms with van der Waals surface area (Å²) < 4.78 is 18.7. The van der Waals surface area contributed by atoms with E-state index in [1.165, 1.54) is 24.3 Å². The lowest BCUT2D eigenvalue weighted by Gasteiger charge is -2.18. The quantitative estimate of drug-likeness (QED) is 0.657. The number of carboxylic acid groups (broad SMARTS) is 1. The first kappa shape index (κ1) is 14.9. The molecule has 1 atom stereocenters. The number of carbonyl (C=O) groups excluding carboxylic acids is 1. The Morgan fingerprint density at radius 2 is 2.05 bits per heavy atom. The van der Waals surface area contributed by atoms with Crippen LogP contribution in [0.25, 0.3) is 0 Å². The van der Waals surface area contributed by atoms with Gasteiger partial charge in [-0.05, 0) is 12.5 Å². The van der Waals surface area contributed by atoms with E-state index in [0.29, 0.717) is 6.42 Å². The fourth-order valence-corrected chi connectivity index (χ4v) is 1.67. The van der Waals surface area contributed by atoms with Gasteiger partial charge in [-0.25, -0.2) is 9.18 Å². The molecule has 0 aliphatic heterocycles. The molecule has 1 aromatic rings. The maximum absolute atomic E-state index is 13.7. The van der Waals surface area contributed by atoms with Crippen LogP contribution in [0.2, 0.25) is 0 Å². The summed E-state index contributed by atoms with van der Waals surface area (Å²) >= 11 is 0. The van der Waals surface area contributed by atoms with Gasteiger partial charge in [-0.2, -0.15) is 0 Å². The van der Waals surface area contributed by atoms with Crippen molar-refractivity contribution in [3.63, 3.8) is 0 Å². The van der Waals surface area contributed by atoms with E-state index in [4.69, 9.17) is 9.84 Å². The highest BCUT2D eigenvalue weighted by Crippen LogP contribution is 2.28. The highest BCUT2D eigenvalue weighted by molar-refractivity contribution is 5.88. The molecule has 102 valence electrons. The van der Waals surface area contributed by atoms with E-state index in [1.54, 1.807) is 13.0 Å². The van der Waals surface area contributed by atoms with E-state index in [9.17, 15) is 14.0 Å². The molecule has 0 heterocycles. The van der Waals surface area contributed by atoms with Crippen LogP contribution in [0.15, 0.2) is 35.9 Å². The molecular weight excluding hydrogens is 251 g/mol. The van der Waals surface area contributed by atoms with Gasteiger partial charge in [0.25, 0.3) is 0 Å². The fraction of sp³-hybridized carbons (Fsp3) is 0.286. The molecule has 0 saturated heterocycles. The van der Waals surface area contributed by atoms with Crippen LogP contribution in [0.3, 0.4) is 0 Å². The topological polar surface area (TPSA) is 63.6 Å². The Balaban J connectivity index is 3.29. The molecule has 5 heteroatoms.